The average Bonchev–Trinajstić information content (AvgIpc) is 2.96. The molecule has 0 spiro atoms. The fourth-order valence-electron chi connectivity index (χ4n) is 1.94. The number of para-hydroxylation sites is 2. The van der Waals surface area contributed by atoms with E-state index < -0.39 is 0 Å². The van der Waals surface area contributed by atoms with Crippen molar-refractivity contribution in [1.82, 2.24) is 20.7 Å². The van der Waals surface area contributed by atoms with Gasteiger partial charge in [-0.2, -0.15) is 0 Å². The molecule has 0 bridgehead atoms. The first-order chi connectivity index (χ1) is 11.1. The Morgan fingerprint density at radius 2 is 1.87 bits per heavy atom. The first-order valence-corrected chi connectivity index (χ1v) is 7.48. The van der Waals surface area contributed by atoms with Crippen molar-refractivity contribution < 1.29 is 4.79 Å². The van der Waals surface area contributed by atoms with Gasteiger partial charge in [0.05, 0.1) is 11.0 Å². The Bertz CT molecular complexity index is 829. The number of anilines is 1. The average molecular weight is 346 g/mol. The van der Waals surface area contributed by atoms with Gasteiger partial charge in [0.2, 0.25) is 5.95 Å². The molecular weight excluding hydrogens is 334 g/mol. The van der Waals surface area contributed by atoms with Gasteiger partial charge in [0, 0.05) is 10.6 Å². The molecule has 4 N–H and O–H groups in total. The second kappa shape index (κ2) is 6.64. The monoisotopic (exact) mass is 345 g/mol. The maximum absolute atomic E-state index is 12.0. The number of benzene rings is 2. The van der Waals surface area contributed by atoms with E-state index in [2.05, 4.69) is 26.1 Å². The summed E-state index contributed by atoms with van der Waals surface area (Å²) in [4.78, 5) is 19.4. The number of nitrogens with zero attached hydrogens (tertiary/aromatic N) is 1. The number of H-pyrrole nitrogens is 1. The highest BCUT2D eigenvalue weighted by Crippen LogP contribution is 2.12. The lowest BCUT2D eigenvalue weighted by molar-refractivity contribution is 0.0977. The van der Waals surface area contributed by atoms with Crippen molar-refractivity contribution >= 4 is 51.8 Å². The SMILES string of the molecule is O=C(NC(=S)NNc1nc2ccccc2[nH]1)c1ccc(Cl)cc1. The summed E-state index contributed by atoms with van der Waals surface area (Å²) in [6.45, 7) is 0. The van der Waals surface area contributed by atoms with Gasteiger partial charge in [-0.05, 0) is 48.6 Å². The maximum atomic E-state index is 12.0. The number of fused-ring (bicyclic) bond motifs is 1. The fraction of sp³-hybridized carbons (Fsp3) is 0. The van der Waals surface area contributed by atoms with Crippen LogP contribution in [0.4, 0.5) is 5.95 Å². The summed E-state index contributed by atoms with van der Waals surface area (Å²) < 4.78 is 0. The number of nitrogens with one attached hydrogen (secondary N) is 4. The number of carbonyl (C=O) groups is 1. The highest BCUT2D eigenvalue weighted by atomic mass is 35.5. The van der Waals surface area contributed by atoms with E-state index in [1.54, 1.807) is 24.3 Å². The predicted molar refractivity (Wildman–Crippen MR) is 94.4 cm³/mol. The Labute approximate surface area is 142 Å². The first kappa shape index (κ1) is 15.3. The van der Waals surface area contributed by atoms with Gasteiger partial charge in [-0.15, -0.1) is 0 Å². The summed E-state index contributed by atoms with van der Waals surface area (Å²) >= 11 is 10.8. The molecule has 0 unspecified atom stereocenters. The van der Waals surface area contributed by atoms with Crippen molar-refractivity contribution in [2.24, 2.45) is 0 Å². The zero-order chi connectivity index (χ0) is 16.2. The van der Waals surface area contributed by atoms with Crippen molar-refractivity contribution in [2.75, 3.05) is 5.43 Å². The zero-order valence-electron chi connectivity index (χ0n) is 11.8. The number of hydrazine groups is 1. The Kier molecular flexibility index (Phi) is 4.40. The number of hydrogen-bond acceptors (Lipinski definition) is 4. The molecular formula is C15H12ClN5OS. The van der Waals surface area contributed by atoms with Crippen LogP contribution in [-0.2, 0) is 0 Å². The van der Waals surface area contributed by atoms with Gasteiger partial charge < -0.3 is 4.98 Å². The number of rotatable bonds is 3. The molecule has 6 nitrogen and oxygen atoms in total. The quantitative estimate of drug-likeness (QED) is 0.433. The smallest absolute Gasteiger partial charge is 0.257 e. The molecule has 0 aliphatic rings. The highest BCUT2D eigenvalue weighted by molar-refractivity contribution is 7.80. The van der Waals surface area contributed by atoms with Crippen molar-refractivity contribution in [3.05, 3.63) is 59.1 Å². The van der Waals surface area contributed by atoms with E-state index in [1.807, 2.05) is 24.3 Å². The Morgan fingerprint density at radius 1 is 1.13 bits per heavy atom. The van der Waals surface area contributed by atoms with Crippen molar-refractivity contribution in [1.29, 1.82) is 0 Å². The normalized spacial score (nSPS) is 10.3. The molecule has 0 saturated heterocycles. The zero-order valence-corrected chi connectivity index (χ0v) is 13.3. The number of hydrogen-bond donors (Lipinski definition) is 4. The molecule has 23 heavy (non-hydrogen) atoms. The Morgan fingerprint density at radius 3 is 2.61 bits per heavy atom. The van der Waals surface area contributed by atoms with Crippen LogP contribution in [0, 0.1) is 0 Å². The van der Waals surface area contributed by atoms with Crippen LogP contribution in [-0.4, -0.2) is 21.0 Å². The molecule has 0 atom stereocenters. The number of halogens is 1. The minimum absolute atomic E-state index is 0.130. The highest BCUT2D eigenvalue weighted by Gasteiger charge is 2.08. The lowest BCUT2D eigenvalue weighted by Gasteiger charge is -2.09. The lowest BCUT2D eigenvalue weighted by atomic mass is 10.2. The number of aromatic amines is 1. The molecule has 0 radical (unpaired) electrons. The topological polar surface area (TPSA) is 81.8 Å². The Balaban J connectivity index is 1.56. The molecule has 1 aromatic heterocycles. The minimum Gasteiger partial charge on any atom is -0.323 e. The number of aromatic nitrogens is 2. The van der Waals surface area contributed by atoms with Gasteiger partial charge >= 0.3 is 0 Å². The van der Waals surface area contributed by atoms with E-state index in [1.165, 1.54) is 0 Å². The molecule has 8 heteroatoms. The third-order valence-electron chi connectivity index (χ3n) is 3.02. The summed E-state index contributed by atoms with van der Waals surface area (Å²) in [6, 6.07) is 14.1. The molecule has 0 saturated carbocycles. The minimum atomic E-state index is -0.328. The van der Waals surface area contributed by atoms with Crippen LogP contribution < -0.4 is 16.2 Å². The Hall–Kier alpha value is -2.64. The largest absolute Gasteiger partial charge is 0.323 e. The van der Waals surface area contributed by atoms with Crippen LogP contribution in [0.15, 0.2) is 48.5 Å². The molecule has 3 rings (SSSR count). The van der Waals surface area contributed by atoms with E-state index in [0.29, 0.717) is 16.5 Å². The molecule has 0 aliphatic carbocycles. The number of thiocarbonyl (C=S) groups is 1. The fourth-order valence-corrected chi connectivity index (χ4v) is 2.21. The van der Waals surface area contributed by atoms with E-state index in [4.69, 9.17) is 23.8 Å². The van der Waals surface area contributed by atoms with Gasteiger partial charge in [0.1, 0.15) is 0 Å². The van der Waals surface area contributed by atoms with Gasteiger partial charge in [-0.1, -0.05) is 23.7 Å². The van der Waals surface area contributed by atoms with E-state index in [9.17, 15) is 4.79 Å². The van der Waals surface area contributed by atoms with Crippen molar-refractivity contribution in [2.45, 2.75) is 0 Å². The molecule has 3 aromatic rings. The van der Waals surface area contributed by atoms with Crippen LogP contribution in [0.1, 0.15) is 10.4 Å². The summed E-state index contributed by atoms with van der Waals surface area (Å²) in [6.07, 6.45) is 0. The van der Waals surface area contributed by atoms with Gasteiger partial charge in [0.25, 0.3) is 5.91 Å². The van der Waals surface area contributed by atoms with Crippen LogP contribution >= 0.6 is 23.8 Å². The van der Waals surface area contributed by atoms with Crippen LogP contribution in [0.25, 0.3) is 11.0 Å². The molecule has 0 aliphatic heterocycles. The molecule has 1 heterocycles. The second-order valence-corrected chi connectivity index (χ2v) is 5.49. The van der Waals surface area contributed by atoms with Crippen molar-refractivity contribution in [3.63, 3.8) is 0 Å². The van der Waals surface area contributed by atoms with Crippen LogP contribution in [0.5, 0.6) is 0 Å². The summed E-state index contributed by atoms with van der Waals surface area (Å²) in [5.74, 6) is 0.167. The number of carbonyl (C=O) groups excluding carboxylic acids is 1. The van der Waals surface area contributed by atoms with Crippen LogP contribution in [0.2, 0.25) is 5.02 Å². The van der Waals surface area contributed by atoms with E-state index in [-0.39, 0.29) is 11.0 Å². The molecule has 116 valence electrons. The van der Waals surface area contributed by atoms with Gasteiger partial charge in [-0.25, -0.2) is 4.98 Å². The van der Waals surface area contributed by atoms with Crippen molar-refractivity contribution in [3.8, 4) is 0 Å². The summed E-state index contributed by atoms with van der Waals surface area (Å²) in [5.41, 5.74) is 7.69. The number of amides is 1. The lowest BCUT2D eigenvalue weighted by Crippen LogP contribution is -2.42. The number of imidazole rings is 1. The predicted octanol–water partition coefficient (Wildman–Crippen LogP) is 2.85. The third kappa shape index (κ3) is 3.77. The van der Waals surface area contributed by atoms with E-state index >= 15 is 0 Å². The standard InChI is InChI=1S/C15H12ClN5OS/c16-10-7-5-9(6-8-10)13(22)19-15(23)21-20-14-17-11-3-1-2-4-12(11)18-14/h1-8H,(H2,17,18,20)(H2,19,21,22,23). The maximum Gasteiger partial charge on any atom is 0.257 e. The molecule has 1 amide bonds. The van der Waals surface area contributed by atoms with Gasteiger partial charge in [-0.3, -0.25) is 21.0 Å². The van der Waals surface area contributed by atoms with Gasteiger partial charge in [0.15, 0.2) is 5.11 Å². The summed E-state index contributed by atoms with van der Waals surface area (Å²) in [5, 5.41) is 3.25. The second-order valence-electron chi connectivity index (χ2n) is 4.64. The third-order valence-corrected chi connectivity index (χ3v) is 3.47. The molecule has 0 fully saturated rings. The first-order valence-electron chi connectivity index (χ1n) is 6.69. The summed E-state index contributed by atoms with van der Waals surface area (Å²) in [7, 11) is 0. The van der Waals surface area contributed by atoms with Crippen LogP contribution in [0.3, 0.4) is 0 Å². The van der Waals surface area contributed by atoms with E-state index in [0.717, 1.165) is 11.0 Å². The molecule has 2 aromatic carbocycles.